The number of hydrogen-bond donors (Lipinski definition) is 0. The fourth-order valence-corrected chi connectivity index (χ4v) is 1.34. The molecule has 3 heteroatoms. The van der Waals surface area contributed by atoms with E-state index in [1.807, 2.05) is 0 Å². The average Bonchev–Trinajstić information content (AvgIpc) is 2.31. The molecular weight excluding hydrogens is 142 g/mol. The van der Waals surface area contributed by atoms with Crippen LogP contribution in [0.1, 0.15) is 20.8 Å². The van der Waals surface area contributed by atoms with Gasteiger partial charge in [0.25, 0.3) is 0 Å². The molecule has 1 aliphatic rings. The third-order valence-electron chi connectivity index (χ3n) is 1.80. The minimum Gasteiger partial charge on any atom is -0.356 e. The molecule has 1 atom stereocenters. The summed E-state index contributed by atoms with van der Waals surface area (Å²) in [5, 5.41) is 0. The molecule has 1 fully saturated rings. The van der Waals surface area contributed by atoms with Crippen molar-refractivity contribution in [3.8, 4) is 0 Å². The van der Waals surface area contributed by atoms with Gasteiger partial charge in [-0.05, 0) is 0 Å². The second-order valence-electron chi connectivity index (χ2n) is 3.93. The Morgan fingerprint density at radius 3 is 2.55 bits per heavy atom. The van der Waals surface area contributed by atoms with Gasteiger partial charge in [-0.2, -0.15) is 0 Å². The van der Waals surface area contributed by atoms with Crippen LogP contribution < -0.4 is 0 Å². The van der Waals surface area contributed by atoms with E-state index < -0.39 is 0 Å². The Labute approximate surface area is 67.3 Å². The molecule has 0 bridgehead atoms. The zero-order valence-electron chi connectivity index (χ0n) is 7.33. The minimum atomic E-state index is -0.0417. The molecule has 1 heterocycles. The third kappa shape index (κ3) is 1.71. The maximum Gasteiger partial charge on any atom is 0.211 e. The lowest BCUT2D eigenvalue weighted by molar-refractivity contribution is -0.128. The molecule has 64 valence electrons. The van der Waals surface area contributed by atoms with Crippen molar-refractivity contribution in [1.29, 1.82) is 0 Å². The molecule has 0 N–H and O–H groups in total. The molecule has 1 rings (SSSR count). The van der Waals surface area contributed by atoms with E-state index in [2.05, 4.69) is 20.8 Å². The van der Waals surface area contributed by atoms with Crippen molar-refractivity contribution in [2.24, 2.45) is 5.41 Å². The van der Waals surface area contributed by atoms with Crippen molar-refractivity contribution in [3.05, 3.63) is 0 Å². The highest BCUT2D eigenvalue weighted by atomic mass is 16.5. The van der Waals surface area contributed by atoms with Crippen molar-refractivity contribution in [1.82, 2.24) is 4.90 Å². The van der Waals surface area contributed by atoms with Crippen LogP contribution in [0.5, 0.6) is 0 Å². The smallest absolute Gasteiger partial charge is 0.211 e. The molecular formula is C8H15NO2. The van der Waals surface area contributed by atoms with Crippen LogP contribution in [-0.4, -0.2) is 30.7 Å². The second-order valence-corrected chi connectivity index (χ2v) is 3.93. The van der Waals surface area contributed by atoms with Gasteiger partial charge in [0.1, 0.15) is 6.23 Å². The molecule has 3 nitrogen and oxygen atoms in total. The quantitative estimate of drug-likeness (QED) is 0.528. The summed E-state index contributed by atoms with van der Waals surface area (Å²) < 4.78 is 5.42. The molecule has 0 aromatic rings. The third-order valence-corrected chi connectivity index (χ3v) is 1.80. The van der Waals surface area contributed by atoms with Gasteiger partial charge < -0.3 is 9.64 Å². The zero-order chi connectivity index (χ0) is 8.48. The van der Waals surface area contributed by atoms with Crippen LogP contribution in [0, 0.1) is 5.41 Å². The van der Waals surface area contributed by atoms with Crippen LogP contribution >= 0.6 is 0 Å². The lowest BCUT2D eigenvalue weighted by Gasteiger charge is -2.30. The fourth-order valence-electron chi connectivity index (χ4n) is 1.34. The molecule has 0 saturated carbocycles. The first-order valence-corrected chi connectivity index (χ1v) is 3.88. The molecule has 11 heavy (non-hydrogen) atoms. The van der Waals surface area contributed by atoms with Crippen molar-refractivity contribution in [3.63, 3.8) is 0 Å². The van der Waals surface area contributed by atoms with Gasteiger partial charge in [-0.1, -0.05) is 20.8 Å². The van der Waals surface area contributed by atoms with Crippen molar-refractivity contribution < 1.29 is 9.53 Å². The summed E-state index contributed by atoms with van der Waals surface area (Å²) in [6.07, 6.45) is 0.822. The van der Waals surface area contributed by atoms with E-state index in [-0.39, 0.29) is 11.6 Å². The Morgan fingerprint density at radius 1 is 1.55 bits per heavy atom. The summed E-state index contributed by atoms with van der Waals surface area (Å²) in [5.41, 5.74) is 0.0252. The monoisotopic (exact) mass is 157 g/mol. The summed E-state index contributed by atoms with van der Waals surface area (Å²) in [5.74, 6) is 0. The van der Waals surface area contributed by atoms with E-state index in [0.29, 0.717) is 6.61 Å². The first-order valence-electron chi connectivity index (χ1n) is 3.88. The summed E-state index contributed by atoms with van der Waals surface area (Å²) in [4.78, 5) is 12.2. The number of rotatable bonds is 1. The first-order chi connectivity index (χ1) is 5.05. The van der Waals surface area contributed by atoms with Crippen molar-refractivity contribution in [2.75, 3.05) is 13.2 Å². The van der Waals surface area contributed by atoms with Gasteiger partial charge in [0.2, 0.25) is 6.41 Å². The van der Waals surface area contributed by atoms with Crippen LogP contribution in [0.25, 0.3) is 0 Å². The van der Waals surface area contributed by atoms with Gasteiger partial charge in [-0.15, -0.1) is 0 Å². The van der Waals surface area contributed by atoms with Crippen molar-refractivity contribution >= 4 is 6.41 Å². The van der Waals surface area contributed by atoms with E-state index in [1.54, 1.807) is 4.90 Å². The summed E-state index contributed by atoms with van der Waals surface area (Å²) >= 11 is 0. The predicted octanol–water partition coefficient (Wildman–Crippen LogP) is 0.847. The lowest BCUT2D eigenvalue weighted by atomic mass is 9.94. The van der Waals surface area contributed by atoms with Gasteiger partial charge in [-0.3, -0.25) is 4.79 Å². The Morgan fingerprint density at radius 2 is 2.18 bits per heavy atom. The largest absolute Gasteiger partial charge is 0.356 e. The first kappa shape index (κ1) is 8.53. The molecule has 0 aromatic carbocycles. The van der Waals surface area contributed by atoms with Gasteiger partial charge in [0.15, 0.2) is 0 Å². The molecule has 1 saturated heterocycles. The number of hydrogen-bond acceptors (Lipinski definition) is 2. The van der Waals surface area contributed by atoms with E-state index in [9.17, 15) is 4.79 Å². The molecule has 1 amide bonds. The highest BCUT2D eigenvalue weighted by Gasteiger charge is 2.34. The van der Waals surface area contributed by atoms with Gasteiger partial charge in [0.05, 0.1) is 6.61 Å². The van der Waals surface area contributed by atoms with Crippen LogP contribution in [0.3, 0.4) is 0 Å². The maximum atomic E-state index is 10.5. The lowest BCUT2D eigenvalue weighted by Crippen LogP contribution is -2.39. The molecule has 0 spiro atoms. The van der Waals surface area contributed by atoms with E-state index in [0.717, 1.165) is 13.0 Å². The molecule has 0 unspecified atom stereocenters. The summed E-state index contributed by atoms with van der Waals surface area (Å²) in [6.45, 7) is 7.60. The summed E-state index contributed by atoms with van der Waals surface area (Å²) in [7, 11) is 0. The molecule has 0 aromatic heterocycles. The number of amides is 1. The number of ether oxygens (including phenoxy) is 1. The highest BCUT2D eigenvalue weighted by Crippen LogP contribution is 2.27. The van der Waals surface area contributed by atoms with E-state index in [1.165, 1.54) is 0 Å². The zero-order valence-corrected chi connectivity index (χ0v) is 7.33. The van der Waals surface area contributed by atoms with Crippen LogP contribution in [0.15, 0.2) is 0 Å². The Balaban J connectivity index is 2.63. The SMILES string of the molecule is CC(C)(C)[C@H]1OCCN1C=O. The molecule has 0 aliphatic carbocycles. The van der Waals surface area contributed by atoms with Gasteiger partial charge >= 0.3 is 0 Å². The number of carbonyl (C=O) groups is 1. The normalized spacial score (nSPS) is 25.7. The van der Waals surface area contributed by atoms with E-state index in [4.69, 9.17) is 4.74 Å². The van der Waals surface area contributed by atoms with Crippen LogP contribution in [-0.2, 0) is 9.53 Å². The van der Waals surface area contributed by atoms with E-state index >= 15 is 0 Å². The Bertz CT molecular complexity index is 151. The van der Waals surface area contributed by atoms with Crippen LogP contribution in [0.4, 0.5) is 0 Å². The van der Waals surface area contributed by atoms with Gasteiger partial charge in [0, 0.05) is 12.0 Å². The standard InChI is InChI=1S/C8H15NO2/c1-8(2,3)7-9(6-10)4-5-11-7/h6-7H,4-5H2,1-3H3/t7-/m1/s1. The number of carbonyl (C=O) groups excluding carboxylic acids is 1. The second kappa shape index (κ2) is 2.81. The number of nitrogens with zero attached hydrogens (tertiary/aromatic N) is 1. The predicted molar refractivity (Wildman–Crippen MR) is 42.0 cm³/mol. The highest BCUT2D eigenvalue weighted by molar-refractivity contribution is 5.48. The topological polar surface area (TPSA) is 29.5 Å². The minimum absolute atomic E-state index is 0.0252. The van der Waals surface area contributed by atoms with Gasteiger partial charge in [-0.25, -0.2) is 0 Å². The fraction of sp³-hybridized carbons (Fsp3) is 0.875. The average molecular weight is 157 g/mol. The molecule has 0 radical (unpaired) electrons. The summed E-state index contributed by atoms with van der Waals surface area (Å²) in [6, 6.07) is 0. The van der Waals surface area contributed by atoms with Crippen LogP contribution in [0.2, 0.25) is 0 Å². The maximum absolute atomic E-state index is 10.5. The molecule has 1 aliphatic heterocycles. The van der Waals surface area contributed by atoms with Crippen molar-refractivity contribution in [2.45, 2.75) is 27.0 Å². The Hall–Kier alpha value is -0.570. The Kier molecular flexibility index (Phi) is 2.18.